The number of rotatable bonds is 4. The molecule has 0 saturated heterocycles. The highest BCUT2D eigenvalue weighted by atomic mass is 16.5. The summed E-state index contributed by atoms with van der Waals surface area (Å²) in [6.45, 7) is 0.743. The van der Waals surface area contributed by atoms with E-state index < -0.39 is 13.0 Å². The second-order valence-electron chi connectivity index (χ2n) is 6.37. The van der Waals surface area contributed by atoms with Crippen molar-refractivity contribution in [2.24, 2.45) is 0 Å². The molecule has 27 heavy (non-hydrogen) atoms. The lowest BCUT2D eigenvalue weighted by atomic mass is 9.79. The summed E-state index contributed by atoms with van der Waals surface area (Å²) < 4.78 is 6.69. The van der Waals surface area contributed by atoms with Gasteiger partial charge in [0.1, 0.15) is 5.69 Å². The highest BCUT2D eigenvalue weighted by molar-refractivity contribution is 6.61. The number of carbonyl (C=O) groups is 1. The second-order valence-corrected chi connectivity index (χ2v) is 6.37. The summed E-state index contributed by atoms with van der Waals surface area (Å²) in [6, 6.07) is 17.9. The van der Waals surface area contributed by atoms with Crippen LogP contribution in [0.1, 0.15) is 21.5 Å². The first-order chi connectivity index (χ1) is 13.1. The molecule has 134 valence electrons. The van der Waals surface area contributed by atoms with Crippen LogP contribution in [-0.2, 0) is 17.8 Å². The smallest absolute Gasteiger partial charge is 0.423 e. The van der Waals surface area contributed by atoms with Gasteiger partial charge in [0.2, 0.25) is 0 Å². The Hall–Kier alpha value is -3.16. The van der Waals surface area contributed by atoms with Crippen LogP contribution in [0, 0.1) is 0 Å². The number of hydrogen-bond acceptors (Lipinski definition) is 4. The van der Waals surface area contributed by atoms with E-state index in [0.717, 1.165) is 11.1 Å². The predicted octanol–water partition coefficient (Wildman–Crippen LogP) is 1.37. The average Bonchev–Trinajstić information content (AvgIpc) is 3.06. The van der Waals surface area contributed by atoms with Gasteiger partial charge in [-0.15, -0.1) is 0 Å². The van der Waals surface area contributed by atoms with Crippen molar-refractivity contribution < 1.29 is 14.5 Å². The Morgan fingerprint density at radius 2 is 1.96 bits per heavy atom. The van der Waals surface area contributed by atoms with E-state index in [1.165, 1.54) is 0 Å². The highest BCUT2D eigenvalue weighted by Crippen LogP contribution is 2.13. The van der Waals surface area contributed by atoms with Crippen LogP contribution in [0.2, 0.25) is 0 Å². The first kappa shape index (κ1) is 17.3. The molecular weight excluding hydrogens is 343 g/mol. The molecule has 2 N–H and O–H groups in total. The molecule has 3 aromatic rings. The Labute approximate surface area is 156 Å². The van der Waals surface area contributed by atoms with E-state index in [0.29, 0.717) is 24.2 Å². The predicted molar refractivity (Wildman–Crippen MR) is 103 cm³/mol. The molecule has 0 aliphatic carbocycles. The van der Waals surface area contributed by atoms with Gasteiger partial charge in [0.15, 0.2) is 0 Å². The summed E-state index contributed by atoms with van der Waals surface area (Å²) in [7, 11) is -1.02. The van der Waals surface area contributed by atoms with Crippen molar-refractivity contribution in [1.29, 1.82) is 0 Å². The number of fused-ring (bicyclic) bond motifs is 1. The first-order valence-electron chi connectivity index (χ1n) is 8.59. The number of amides is 1. The number of aromatic nitrogens is 1. The van der Waals surface area contributed by atoms with Crippen LogP contribution in [-0.4, -0.2) is 22.6 Å². The molecule has 0 radical (unpaired) electrons. The van der Waals surface area contributed by atoms with Gasteiger partial charge in [0.05, 0.1) is 13.2 Å². The minimum atomic E-state index is -1.02. The fourth-order valence-electron chi connectivity index (χ4n) is 3.09. The number of nitrogens with one attached hydrogen (secondary N) is 1. The molecule has 6 nitrogen and oxygen atoms in total. The fourth-order valence-corrected chi connectivity index (χ4v) is 3.09. The number of anilines is 1. The van der Waals surface area contributed by atoms with E-state index in [-0.39, 0.29) is 11.2 Å². The van der Waals surface area contributed by atoms with Crippen molar-refractivity contribution in [2.75, 3.05) is 5.32 Å². The topological polar surface area (TPSA) is 80.6 Å². The molecule has 0 spiro atoms. The number of nitrogens with zero attached hydrogens (tertiary/aromatic N) is 1. The minimum Gasteiger partial charge on any atom is -0.423 e. The van der Waals surface area contributed by atoms with E-state index in [2.05, 4.69) is 5.32 Å². The summed E-state index contributed by atoms with van der Waals surface area (Å²) in [5, 5.41) is 12.5. The van der Waals surface area contributed by atoms with Gasteiger partial charge in [-0.3, -0.25) is 9.59 Å². The summed E-state index contributed by atoms with van der Waals surface area (Å²) >= 11 is 0. The maximum absolute atomic E-state index is 12.7. The van der Waals surface area contributed by atoms with E-state index in [4.69, 9.17) is 4.65 Å². The average molecular weight is 360 g/mol. The maximum Gasteiger partial charge on any atom is 0.491 e. The Morgan fingerprint density at radius 1 is 1.15 bits per heavy atom. The molecule has 0 saturated carbocycles. The SMILES string of the molecule is O=C(Nc1cccn(Cc2ccccc2)c1=O)c1ccc2c(c1)B(O)OC2. The van der Waals surface area contributed by atoms with Gasteiger partial charge in [-0.2, -0.15) is 0 Å². The number of benzene rings is 2. The largest absolute Gasteiger partial charge is 0.491 e. The Bertz CT molecular complexity index is 1050. The molecular formula is C20H17BN2O4. The normalized spacial score (nSPS) is 12.7. The summed E-state index contributed by atoms with van der Waals surface area (Å²) in [4.78, 5) is 25.2. The Morgan fingerprint density at radius 3 is 2.78 bits per heavy atom. The standard InChI is InChI=1S/C20H17BN2O4/c24-19(15-8-9-16-13-27-21(26)17(16)11-15)22-18-7-4-10-23(20(18)25)12-14-5-2-1-3-6-14/h1-11,26H,12-13H2,(H,22,24). The summed E-state index contributed by atoms with van der Waals surface area (Å²) in [5.41, 5.74) is 2.71. The molecule has 1 aliphatic rings. The lowest BCUT2D eigenvalue weighted by Gasteiger charge is -2.10. The van der Waals surface area contributed by atoms with E-state index in [1.807, 2.05) is 30.3 Å². The molecule has 0 unspecified atom stereocenters. The minimum absolute atomic E-state index is 0.204. The van der Waals surface area contributed by atoms with Crippen molar-refractivity contribution >= 4 is 24.2 Å². The van der Waals surface area contributed by atoms with Crippen molar-refractivity contribution in [3.05, 3.63) is 93.9 Å². The van der Waals surface area contributed by atoms with Crippen LogP contribution in [0.15, 0.2) is 71.7 Å². The molecule has 2 aromatic carbocycles. The maximum atomic E-state index is 12.7. The number of carbonyl (C=O) groups excluding carboxylic acids is 1. The fraction of sp³-hybridized carbons (Fsp3) is 0.100. The molecule has 1 aliphatic heterocycles. The third-order valence-corrected chi connectivity index (χ3v) is 4.53. The Balaban J connectivity index is 1.56. The van der Waals surface area contributed by atoms with Crippen molar-refractivity contribution in [3.8, 4) is 0 Å². The Kier molecular flexibility index (Phi) is 4.62. The van der Waals surface area contributed by atoms with Gasteiger partial charge in [-0.1, -0.05) is 36.4 Å². The second kappa shape index (κ2) is 7.22. The molecule has 1 aromatic heterocycles. The highest BCUT2D eigenvalue weighted by Gasteiger charge is 2.28. The zero-order chi connectivity index (χ0) is 18.8. The zero-order valence-corrected chi connectivity index (χ0v) is 14.5. The van der Waals surface area contributed by atoms with Crippen LogP contribution in [0.3, 0.4) is 0 Å². The third-order valence-electron chi connectivity index (χ3n) is 4.53. The van der Waals surface area contributed by atoms with Crippen LogP contribution in [0.4, 0.5) is 5.69 Å². The molecule has 0 bridgehead atoms. The van der Waals surface area contributed by atoms with Gasteiger partial charge < -0.3 is 19.6 Å². The molecule has 1 amide bonds. The van der Waals surface area contributed by atoms with Gasteiger partial charge in [-0.25, -0.2) is 0 Å². The van der Waals surface area contributed by atoms with E-state index in [9.17, 15) is 14.6 Å². The lowest BCUT2D eigenvalue weighted by Crippen LogP contribution is -2.30. The van der Waals surface area contributed by atoms with E-state index in [1.54, 1.807) is 41.1 Å². The van der Waals surface area contributed by atoms with Gasteiger partial charge >= 0.3 is 7.12 Å². The molecule has 2 heterocycles. The summed E-state index contributed by atoms with van der Waals surface area (Å²) in [5.74, 6) is -0.411. The summed E-state index contributed by atoms with van der Waals surface area (Å²) in [6.07, 6.45) is 1.69. The molecule has 4 rings (SSSR count). The zero-order valence-electron chi connectivity index (χ0n) is 14.5. The van der Waals surface area contributed by atoms with Crippen LogP contribution < -0.4 is 16.3 Å². The van der Waals surface area contributed by atoms with Crippen LogP contribution >= 0.6 is 0 Å². The number of hydrogen-bond donors (Lipinski definition) is 2. The third kappa shape index (κ3) is 3.55. The molecule has 0 fully saturated rings. The quantitative estimate of drug-likeness (QED) is 0.689. The lowest BCUT2D eigenvalue weighted by molar-refractivity contribution is 0.102. The molecule has 0 atom stereocenters. The van der Waals surface area contributed by atoms with Gasteiger partial charge in [-0.05, 0) is 40.9 Å². The van der Waals surface area contributed by atoms with Crippen LogP contribution in [0.25, 0.3) is 0 Å². The van der Waals surface area contributed by atoms with Crippen LogP contribution in [0.5, 0.6) is 0 Å². The van der Waals surface area contributed by atoms with E-state index >= 15 is 0 Å². The van der Waals surface area contributed by atoms with Gasteiger partial charge in [0.25, 0.3) is 11.5 Å². The van der Waals surface area contributed by atoms with Crippen molar-refractivity contribution in [3.63, 3.8) is 0 Å². The molecule has 7 heteroatoms. The van der Waals surface area contributed by atoms with Crippen molar-refractivity contribution in [2.45, 2.75) is 13.2 Å². The first-order valence-corrected chi connectivity index (χ1v) is 8.59. The number of pyridine rings is 1. The van der Waals surface area contributed by atoms with Crippen molar-refractivity contribution in [1.82, 2.24) is 4.57 Å². The van der Waals surface area contributed by atoms with Gasteiger partial charge in [0, 0.05) is 11.8 Å². The monoisotopic (exact) mass is 360 g/mol.